The minimum atomic E-state index is -4.22. The van der Waals surface area contributed by atoms with Crippen molar-refractivity contribution in [1.82, 2.24) is 15.1 Å². The molecule has 2 atom stereocenters. The highest BCUT2D eigenvalue weighted by Crippen LogP contribution is 2.42. The van der Waals surface area contributed by atoms with E-state index in [2.05, 4.69) is 5.32 Å². The Labute approximate surface area is 126 Å². The topological polar surface area (TPSA) is 52.7 Å². The Morgan fingerprint density at radius 2 is 1.95 bits per heavy atom. The number of hydrogen-bond donors (Lipinski definition) is 1. The first kappa shape index (κ1) is 15.6. The van der Waals surface area contributed by atoms with Gasteiger partial charge in [-0.1, -0.05) is 0 Å². The number of urea groups is 1. The number of rotatable bonds is 3. The summed E-state index contributed by atoms with van der Waals surface area (Å²) in [6, 6.07) is -0.492. The summed E-state index contributed by atoms with van der Waals surface area (Å²) in [6.45, 7) is 1.98. The summed E-state index contributed by atoms with van der Waals surface area (Å²) in [6.07, 6.45) is -1.89. The van der Waals surface area contributed by atoms with Crippen LogP contribution < -0.4 is 5.32 Å². The number of amides is 3. The maximum Gasteiger partial charge on any atom is 0.393 e. The molecule has 1 saturated carbocycles. The maximum absolute atomic E-state index is 12.8. The highest BCUT2D eigenvalue weighted by Gasteiger charge is 2.56. The highest BCUT2D eigenvalue weighted by atomic mass is 19.4. The summed E-state index contributed by atoms with van der Waals surface area (Å²) in [5.41, 5.74) is -0.879. The zero-order valence-electron chi connectivity index (χ0n) is 12.4. The lowest BCUT2D eigenvalue weighted by atomic mass is 9.96. The molecule has 3 fully saturated rings. The Morgan fingerprint density at radius 3 is 2.55 bits per heavy atom. The van der Waals surface area contributed by atoms with Crippen molar-refractivity contribution in [1.29, 1.82) is 0 Å². The predicted molar refractivity (Wildman–Crippen MR) is 71.7 cm³/mol. The predicted octanol–water partition coefficient (Wildman–Crippen LogP) is 1.94. The molecule has 8 heteroatoms. The molecule has 2 aliphatic heterocycles. The molecule has 2 saturated heterocycles. The number of hydrogen-bond acceptors (Lipinski definition) is 3. The van der Waals surface area contributed by atoms with Gasteiger partial charge in [-0.25, -0.2) is 9.69 Å². The van der Waals surface area contributed by atoms with E-state index < -0.39 is 23.7 Å². The third-order valence-electron chi connectivity index (χ3n) is 5.00. The molecule has 3 rings (SSSR count). The monoisotopic (exact) mass is 319 g/mol. The number of carbonyl (C=O) groups is 2. The van der Waals surface area contributed by atoms with Gasteiger partial charge in [0.1, 0.15) is 5.54 Å². The molecule has 0 aromatic carbocycles. The van der Waals surface area contributed by atoms with Gasteiger partial charge in [0.25, 0.3) is 5.91 Å². The molecule has 1 aliphatic carbocycles. The molecule has 0 aromatic rings. The van der Waals surface area contributed by atoms with Crippen molar-refractivity contribution in [2.24, 2.45) is 11.8 Å². The van der Waals surface area contributed by atoms with E-state index in [1.165, 1.54) is 0 Å². The van der Waals surface area contributed by atoms with E-state index in [0.29, 0.717) is 13.0 Å². The second-order valence-electron chi connectivity index (χ2n) is 6.74. The Hall–Kier alpha value is -1.31. The summed E-state index contributed by atoms with van der Waals surface area (Å²) in [5.74, 6) is -1.54. The molecule has 22 heavy (non-hydrogen) atoms. The van der Waals surface area contributed by atoms with E-state index >= 15 is 0 Å². The van der Waals surface area contributed by atoms with E-state index in [9.17, 15) is 22.8 Å². The molecule has 0 radical (unpaired) electrons. The fraction of sp³-hybridized carbons (Fsp3) is 0.857. The summed E-state index contributed by atoms with van der Waals surface area (Å²) in [5, 5.41) is 2.71. The molecule has 1 N–H and O–H groups in total. The van der Waals surface area contributed by atoms with Crippen LogP contribution in [0, 0.1) is 11.8 Å². The molecule has 0 bridgehead atoms. The average Bonchev–Trinajstić information content (AvgIpc) is 3.25. The number of piperidine rings is 1. The van der Waals surface area contributed by atoms with Gasteiger partial charge in [-0.05, 0) is 45.1 Å². The molecular weight excluding hydrogens is 299 g/mol. The number of carbonyl (C=O) groups excluding carboxylic acids is 2. The Bertz CT molecular complexity index is 492. The molecule has 0 spiro atoms. The van der Waals surface area contributed by atoms with Crippen LogP contribution in [0.2, 0.25) is 0 Å². The lowest BCUT2D eigenvalue weighted by molar-refractivity contribution is -0.187. The molecule has 124 valence electrons. The number of nitrogens with zero attached hydrogens (tertiary/aromatic N) is 2. The van der Waals surface area contributed by atoms with Crippen LogP contribution in [-0.2, 0) is 4.79 Å². The van der Waals surface area contributed by atoms with Gasteiger partial charge in [-0.2, -0.15) is 13.2 Å². The van der Waals surface area contributed by atoms with Crippen LogP contribution in [0.4, 0.5) is 18.0 Å². The summed E-state index contributed by atoms with van der Waals surface area (Å²) >= 11 is 0. The van der Waals surface area contributed by atoms with E-state index in [1.54, 1.807) is 11.8 Å². The van der Waals surface area contributed by atoms with Gasteiger partial charge in [0, 0.05) is 6.54 Å². The Morgan fingerprint density at radius 1 is 1.27 bits per heavy atom. The van der Waals surface area contributed by atoms with Gasteiger partial charge < -0.3 is 5.32 Å². The lowest BCUT2D eigenvalue weighted by Crippen LogP contribution is -2.49. The van der Waals surface area contributed by atoms with Crippen molar-refractivity contribution >= 4 is 11.9 Å². The molecule has 0 aromatic heterocycles. The minimum Gasteiger partial charge on any atom is -0.323 e. The summed E-state index contributed by atoms with van der Waals surface area (Å²) in [4.78, 5) is 27.1. The number of likely N-dealkylation sites (tertiary alicyclic amines) is 1. The number of nitrogens with one attached hydrogen (secondary N) is 1. The Balaban J connectivity index is 1.65. The number of imide groups is 1. The minimum absolute atomic E-state index is 0.0560. The van der Waals surface area contributed by atoms with Crippen molar-refractivity contribution in [3.05, 3.63) is 0 Å². The summed E-state index contributed by atoms with van der Waals surface area (Å²) in [7, 11) is 0. The third-order valence-corrected chi connectivity index (χ3v) is 5.00. The van der Waals surface area contributed by atoms with Crippen LogP contribution in [0.25, 0.3) is 0 Å². The van der Waals surface area contributed by atoms with Crippen LogP contribution >= 0.6 is 0 Å². The first-order valence-electron chi connectivity index (χ1n) is 7.65. The standard InChI is InChI=1S/C14H20F3N3O2/c1-13(9-4-5-9)11(21)20(12(22)18-13)8-19-6-2-3-10(7-19)14(15,16)17/h9-10H,2-8H2,1H3,(H,18,22)/t10-,13+/m0/s1. The van der Waals surface area contributed by atoms with Gasteiger partial charge in [-0.15, -0.1) is 0 Å². The SMILES string of the molecule is C[C@]1(C2CC2)NC(=O)N(CN2CCC[C@H](C(F)(F)F)C2)C1=O. The van der Waals surface area contributed by atoms with Gasteiger partial charge in [0.05, 0.1) is 12.6 Å². The van der Waals surface area contributed by atoms with Crippen LogP contribution in [0.5, 0.6) is 0 Å². The van der Waals surface area contributed by atoms with Gasteiger partial charge in [0.2, 0.25) is 0 Å². The largest absolute Gasteiger partial charge is 0.393 e. The lowest BCUT2D eigenvalue weighted by Gasteiger charge is -2.35. The normalized spacial score (nSPS) is 34.2. The van der Waals surface area contributed by atoms with Crippen LogP contribution in [0.1, 0.15) is 32.6 Å². The Kier molecular flexibility index (Phi) is 3.62. The van der Waals surface area contributed by atoms with Crippen molar-refractivity contribution < 1.29 is 22.8 Å². The summed E-state index contributed by atoms with van der Waals surface area (Å²) < 4.78 is 38.5. The van der Waals surface area contributed by atoms with Crippen LogP contribution in [0.3, 0.4) is 0 Å². The molecule has 0 unspecified atom stereocenters. The quantitative estimate of drug-likeness (QED) is 0.809. The van der Waals surface area contributed by atoms with Gasteiger partial charge >= 0.3 is 12.2 Å². The first-order chi connectivity index (χ1) is 10.2. The van der Waals surface area contributed by atoms with Crippen molar-refractivity contribution in [3.63, 3.8) is 0 Å². The molecular formula is C14H20F3N3O2. The average molecular weight is 319 g/mol. The number of alkyl halides is 3. The molecule has 5 nitrogen and oxygen atoms in total. The second kappa shape index (κ2) is 5.11. The smallest absolute Gasteiger partial charge is 0.323 e. The maximum atomic E-state index is 12.8. The van der Waals surface area contributed by atoms with E-state index in [0.717, 1.165) is 17.7 Å². The third kappa shape index (κ3) is 2.68. The van der Waals surface area contributed by atoms with E-state index in [-0.39, 0.29) is 31.5 Å². The molecule has 3 aliphatic rings. The molecule has 2 heterocycles. The van der Waals surface area contributed by atoms with Gasteiger partial charge in [0.15, 0.2) is 0 Å². The van der Waals surface area contributed by atoms with Crippen molar-refractivity contribution in [2.75, 3.05) is 19.8 Å². The number of halogens is 3. The first-order valence-corrected chi connectivity index (χ1v) is 7.65. The van der Waals surface area contributed by atoms with E-state index in [4.69, 9.17) is 0 Å². The zero-order chi connectivity index (χ0) is 16.1. The van der Waals surface area contributed by atoms with Gasteiger partial charge in [-0.3, -0.25) is 9.69 Å². The highest BCUT2D eigenvalue weighted by molar-refractivity contribution is 6.07. The van der Waals surface area contributed by atoms with Crippen molar-refractivity contribution in [2.45, 2.75) is 44.3 Å². The van der Waals surface area contributed by atoms with Crippen LogP contribution in [0.15, 0.2) is 0 Å². The van der Waals surface area contributed by atoms with E-state index in [1.807, 2.05) is 0 Å². The van der Waals surface area contributed by atoms with Crippen molar-refractivity contribution in [3.8, 4) is 0 Å². The molecule has 3 amide bonds. The zero-order valence-corrected chi connectivity index (χ0v) is 12.4. The fourth-order valence-corrected chi connectivity index (χ4v) is 3.43. The fourth-order valence-electron chi connectivity index (χ4n) is 3.43. The van der Waals surface area contributed by atoms with Crippen LogP contribution in [-0.4, -0.2) is 53.2 Å². The second-order valence-corrected chi connectivity index (χ2v) is 6.74.